The molecular formula is C10H8ClN. The number of hydrogen-bond acceptors (Lipinski definition) is 1. The van der Waals surface area contributed by atoms with Gasteiger partial charge in [0.2, 0.25) is 0 Å². The summed E-state index contributed by atoms with van der Waals surface area (Å²) in [5, 5.41) is 8.67. The van der Waals surface area contributed by atoms with Crippen molar-refractivity contribution in [2.45, 2.75) is 11.3 Å². The van der Waals surface area contributed by atoms with Crippen LogP contribution in [0.5, 0.6) is 0 Å². The molecule has 0 N–H and O–H groups in total. The highest BCUT2D eigenvalue weighted by Crippen LogP contribution is 2.57. The molecule has 2 atom stereocenters. The number of benzene rings is 1. The Labute approximate surface area is 76.6 Å². The van der Waals surface area contributed by atoms with Gasteiger partial charge in [0.25, 0.3) is 0 Å². The van der Waals surface area contributed by atoms with Crippen LogP contribution in [0.15, 0.2) is 30.3 Å². The molecule has 0 aromatic heterocycles. The van der Waals surface area contributed by atoms with Gasteiger partial charge in [-0.2, -0.15) is 5.26 Å². The van der Waals surface area contributed by atoms with Gasteiger partial charge in [-0.1, -0.05) is 30.3 Å². The van der Waals surface area contributed by atoms with E-state index in [0.29, 0.717) is 0 Å². The van der Waals surface area contributed by atoms with Crippen LogP contribution in [-0.4, -0.2) is 0 Å². The number of nitriles is 1. The van der Waals surface area contributed by atoms with Crippen LogP contribution < -0.4 is 0 Å². The predicted molar refractivity (Wildman–Crippen MR) is 47.7 cm³/mol. The molecule has 2 rings (SSSR count). The molecule has 2 heteroatoms. The molecule has 1 nitrogen and oxygen atoms in total. The van der Waals surface area contributed by atoms with E-state index >= 15 is 0 Å². The van der Waals surface area contributed by atoms with Crippen LogP contribution in [0.3, 0.4) is 0 Å². The monoisotopic (exact) mass is 177 g/mol. The summed E-state index contributed by atoms with van der Waals surface area (Å²) in [6.07, 6.45) is 0.787. The molecule has 1 aromatic carbocycles. The summed E-state index contributed by atoms with van der Waals surface area (Å²) in [6, 6.07) is 12.0. The lowest BCUT2D eigenvalue weighted by Gasteiger charge is -2.05. The van der Waals surface area contributed by atoms with E-state index in [1.165, 1.54) is 0 Å². The van der Waals surface area contributed by atoms with Crippen LogP contribution in [0.25, 0.3) is 0 Å². The van der Waals surface area contributed by atoms with E-state index < -0.39 is 0 Å². The molecule has 0 radical (unpaired) electrons. The molecule has 0 aliphatic heterocycles. The van der Waals surface area contributed by atoms with Gasteiger partial charge < -0.3 is 0 Å². The Kier molecular flexibility index (Phi) is 1.59. The fourth-order valence-corrected chi connectivity index (χ4v) is 1.75. The van der Waals surface area contributed by atoms with Crippen LogP contribution in [0.2, 0.25) is 0 Å². The molecule has 1 aliphatic carbocycles. The molecule has 1 saturated carbocycles. The van der Waals surface area contributed by atoms with E-state index in [-0.39, 0.29) is 10.8 Å². The molecule has 12 heavy (non-hydrogen) atoms. The van der Waals surface area contributed by atoms with Crippen molar-refractivity contribution in [3.05, 3.63) is 35.9 Å². The summed E-state index contributed by atoms with van der Waals surface area (Å²) in [6.45, 7) is 0. The molecular weight excluding hydrogens is 170 g/mol. The fraction of sp³-hybridized carbons (Fsp3) is 0.300. The topological polar surface area (TPSA) is 23.8 Å². The zero-order chi connectivity index (χ0) is 8.60. The van der Waals surface area contributed by atoms with Crippen molar-refractivity contribution in [2.75, 3.05) is 0 Å². The number of hydrogen-bond donors (Lipinski definition) is 0. The molecule has 1 fully saturated rings. The summed E-state index contributed by atoms with van der Waals surface area (Å²) >= 11 is 6.21. The SMILES string of the molecule is N#CC1CC1(Cl)c1ccccc1. The average molecular weight is 178 g/mol. The highest BCUT2D eigenvalue weighted by atomic mass is 35.5. The van der Waals surface area contributed by atoms with Crippen molar-refractivity contribution < 1.29 is 0 Å². The molecule has 1 aromatic rings. The van der Waals surface area contributed by atoms with Crippen molar-refractivity contribution in [3.63, 3.8) is 0 Å². The quantitative estimate of drug-likeness (QED) is 0.605. The van der Waals surface area contributed by atoms with Crippen LogP contribution in [-0.2, 0) is 4.87 Å². The smallest absolute Gasteiger partial charge is 0.0866 e. The zero-order valence-electron chi connectivity index (χ0n) is 6.50. The minimum Gasteiger partial charge on any atom is -0.198 e. The van der Waals surface area contributed by atoms with Crippen LogP contribution >= 0.6 is 11.6 Å². The third kappa shape index (κ3) is 1.00. The summed E-state index contributed by atoms with van der Waals surface area (Å²) in [7, 11) is 0. The van der Waals surface area contributed by atoms with Crippen molar-refractivity contribution in [2.24, 2.45) is 5.92 Å². The highest BCUT2D eigenvalue weighted by molar-refractivity contribution is 6.26. The van der Waals surface area contributed by atoms with E-state index in [4.69, 9.17) is 16.9 Å². The maximum atomic E-state index is 8.67. The third-order valence-corrected chi connectivity index (χ3v) is 2.94. The van der Waals surface area contributed by atoms with Crippen molar-refractivity contribution in [1.29, 1.82) is 5.26 Å². The number of rotatable bonds is 1. The second-order valence-corrected chi connectivity index (χ2v) is 3.79. The fourth-order valence-electron chi connectivity index (χ4n) is 1.42. The Morgan fingerprint density at radius 3 is 2.58 bits per heavy atom. The first-order valence-electron chi connectivity index (χ1n) is 3.91. The summed E-state index contributed by atoms with van der Waals surface area (Å²) < 4.78 is 0. The molecule has 60 valence electrons. The van der Waals surface area contributed by atoms with E-state index in [9.17, 15) is 0 Å². The first kappa shape index (κ1) is 7.64. The molecule has 1 aliphatic rings. The predicted octanol–water partition coefficient (Wildman–Crippen LogP) is 2.66. The molecule has 0 bridgehead atoms. The van der Waals surface area contributed by atoms with Gasteiger partial charge in [0, 0.05) is 0 Å². The lowest BCUT2D eigenvalue weighted by atomic mass is 10.1. The van der Waals surface area contributed by atoms with E-state index in [1.54, 1.807) is 0 Å². The Hall–Kier alpha value is -1.00. The minimum atomic E-state index is -0.379. The lowest BCUT2D eigenvalue weighted by Crippen LogP contribution is -1.98. The normalized spacial score (nSPS) is 32.5. The Morgan fingerprint density at radius 1 is 1.42 bits per heavy atom. The highest BCUT2D eigenvalue weighted by Gasteiger charge is 2.54. The van der Waals surface area contributed by atoms with Crippen molar-refractivity contribution in [3.8, 4) is 6.07 Å². The van der Waals surface area contributed by atoms with Crippen LogP contribution in [0.4, 0.5) is 0 Å². The lowest BCUT2D eigenvalue weighted by molar-refractivity contribution is 0.935. The summed E-state index contributed by atoms with van der Waals surface area (Å²) in [5.74, 6) is 0.00145. The van der Waals surface area contributed by atoms with Crippen molar-refractivity contribution >= 4 is 11.6 Å². The summed E-state index contributed by atoms with van der Waals surface area (Å²) in [5.41, 5.74) is 1.07. The second-order valence-electron chi connectivity index (χ2n) is 3.11. The first-order valence-corrected chi connectivity index (χ1v) is 4.29. The Balaban J connectivity index is 2.30. The van der Waals surface area contributed by atoms with Gasteiger partial charge >= 0.3 is 0 Å². The second kappa shape index (κ2) is 2.50. The average Bonchev–Trinajstić information content (AvgIpc) is 2.81. The zero-order valence-corrected chi connectivity index (χ0v) is 7.25. The maximum absolute atomic E-state index is 8.67. The van der Waals surface area contributed by atoms with Gasteiger partial charge in [-0.25, -0.2) is 0 Å². The van der Waals surface area contributed by atoms with Gasteiger partial charge in [-0.15, -0.1) is 11.6 Å². The van der Waals surface area contributed by atoms with E-state index in [0.717, 1.165) is 12.0 Å². The minimum absolute atomic E-state index is 0.00145. The summed E-state index contributed by atoms with van der Waals surface area (Å²) in [4.78, 5) is -0.379. The molecule has 0 spiro atoms. The standard InChI is InChI=1S/C10H8ClN/c11-10(6-9(10)7-12)8-4-2-1-3-5-8/h1-5,9H,6H2. The number of halogens is 1. The molecule has 0 heterocycles. The molecule has 0 amide bonds. The first-order chi connectivity index (χ1) is 5.77. The number of alkyl halides is 1. The maximum Gasteiger partial charge on any atom is 0.0866 e. The van der Waals surface area contributed by atoms with Gasteiger partial charge in [0.15, 0.2) is 0 Å². The van der Waals surface area contributed by atoms with Crippen LogP contribution in [0.1, 0.15) is 12.0 Å². The van der Waals surface area contributed by atoms with Gasteiger partial charge in [0.05, 0.1) is 16.9 Å². The number of nitrogens with zero attached hydrogens (tertiary/aromatic N) is 1. The van der Waals surface area contributed by atoms with Gasteiger partial charge in [-0.05, 0) is 12.0 Å². The largest absolute Gasteiger partial charge is 0.198 e. The van der Waals surface area contributed by atoms with Gasteiger partial charge in [0.1, 0.15) is 0 Å². The van der Waals surface area contributed by atoms with Gasteiger partial charge in [-0.3, -0.25) is 0 Å². The van der Waals surface area contributed by atoms with E-state index in [1.807, 2.05) is 30.3 Å². The van der Waals surface area contributed by atoms with Crippen LogP contribution in [0, 0.1) is 17.2 Å². The van der Waals surface area contributed by atoms with Crippen molar-refractivity contribution in [1.82, 2.24) is 0 Å². The Morgan fingerprint density at radius 2 is 2.08 bits per heavy atom. The van der Waals surface area contributed by atoms with E-state index in [2.05, 4.69) is 6.07 Å². The molecule has 2 unspecified atom stereocenters. The molecule has 0 saturated heterocycles. The third-order valence-electron chi connectivity index (χ3n) is 2.30. The Bertz CT molecular complexity index is 327.